The first-order valence-corrected chi connectivity index (χ1v) is 3.73. The molecule has 0 fully saturated rings. The molecule has 0 saturated heterocycles. The van der Waals surface area contributed by atoms with Gasteiger partial charge in [0.05, 0.1) is 7.11 Å². The fourth-order valence-corrected chi connectivity index (χ4v) is 0.642. The fourth-order valence-electron chi connectivity index (χ4n) is 0.642. The van der Waals surface area contributed by atoms with Gasteiger partial charge in [-0.15, -0.1) is 0 Å². The Morgan fingerprint density at radius 3 is 2.17 bits per heavy atom. The molecule has 0 aromatic heterocycles. The predicted molar refractivity (Wildman–Crippen MR) is 44.3 cm³/mol. The van der Waals surface area contributed by atoms with Gasteiger partial charge in [0.15, 0.2) is 11.6 Å². The van der Waals surface area contributed by atoms with Crippen molar-refractivity contribution in [1.82, 2.24) is 0 Å². The van der Waals surface area contributed by atoms with Crippen LogP contribution in [0.3, 0.4) is 0 Å². The van der Waals surface area contributed by atoms with E-state index in [4.69, 9.17) is 0 Å². The Morgan fingerprint density at radius 2 is 1.75 bits per heavy atom. The van der Waals surface area contributed by atoms with Crippen LogP contribution >= 0.6 is 0 Å². The van der Waals surface area contributed by atoms with Crippen LogP contribution in [-0.2, 0) is 0 Å². The van der Waals surface area contributed by atoms with Gasteiger partial charge in [0, 0.05) is 0 Å². The van der Waals surface area contributed by atoms with Crippen LogP contribution < -0.4 is 4.74 Å². The molecule has 0 bridgehead atoms. The summed E-state index contributed by atoms with van der Waals surface area (Å²) < 4.78 is 29.3. The van der Waals surface area contributed by atoms with Crippen molar-refractivity contribution in [2.24, 2.45) is 0 Å². The second-order valence-electron chi connectivity index (χ2n) is 1.76. The Labute approximate surface area is 71.0 Å². The SMILES string of the molecule is CC.COc1cccc(F)c1F. The van der Waals surface area contributed by atoms with E-state index in [0.29, 0.717) is 0 Å². The summed E-state index contributed by atoms with van der Waals surface area (Å²) in [5, 5.41) is 0. The monoisotopic (exact) mass is 174 g/mol. The van der Waals surface area contributed by atoms with Gasteiger partial charge in [-0.25, -0.2) is 4.39 Å². The van der Waals surface area contributed by atoms with E-state index in [1.54, 1.807) is 0 Å². The van der Waals surface area contributed by atoms with Crippen molar-refractivity contribution >= 4 is 0 Å². The summed E-state index contributed by atoms with van der Waals surface area (Å²) in [6.45, 7) is 4.00. The molecule has 0 aliphatic heterocycles. The zero-order valence-corrected chi connectivity index (χ0v) is 7.40. The van der Waals surface area contributed by atoms with Crippen LogP contribution in [0.2, 0.25) is 0 Å². The van der Waals surface area contributed by atoms with Crippen molar-refractivity contribution in [3.63, 3.8) is 0 Å². The smallest absolute Gasteiger partial charge is 0.200 e. The van der Waals surface area contributed by atoms with Crippen LogP contribution in [0, 0.1) is 11.6 Å². The van der Waals surface area contributed by atoms with Crippen molar-refractivity contribution in [3.05, 3.63) is 29.8 Å². The van der Waals surface area contributed by atoms with Gasteiger partial charge in [-0.3, -0.25) is 0 Å². The predicted octanol–water partition coefficient (Wildman–Crippen LogP) is 3.00. The van der Waals surface area contributed by atoms with Crippen LogP contribution in [0.15, 0.2) is 18.2 Å². The van der Waals surface area contributed by atoms with E-state index in [0.717, 1.165) is 6.07 Å². The molecule has 1 nitrogen and oxygen atoms in total. The normalized spacial score (nSPS) is 8.42. The van der Waals surface area contributed by atoms with E-state index in [9.17, 15) is 8.78 Å². The Hall–Kier alpha value is -1.12. The fraction of sp³-hybridized carbons (Fsp3) is 0.333. The van der Waals surface area contributed by atoms with E-state index >= 15 is 0 Å². The highest BCUT2D eigenvalue weighted by Crippen LogP contribution is 2.17. The van der Waals surface area contributed by atoms with E-state index in [2.05, 4.69) is 4.74 Å². The lowest BCUT2D eigenvalue weighted by Gasteiger charge is -1.99. The molecule has 1 aromatic carbocycles. The standard InChI is InChI=1S/C7H6F2O.C2H6/c1-10-6-4-2-3-5(8)7(6)9;1-2/h2-4H,1H3;1-2H3. The number of ether oxygens (including phenoxy) is 1. The van der Waals surface area contributed by atoms with Crippen molar-refractivity contribution in [2.75, 3.05) is 7.11 Å². The Bertz CT molecular complexity index is 236. The minimum absolute atomic E-state index is 0.0694. The molecule has 68 valence electrons. The van der Waals surface area contributed by atoms with Crippen LogP contribution in [0.5, 0.6) is 5.75 Å². The first kappa shape index (κ1) is 10.9. The quantitative estimate of drug-likeness (QED) is 0.636. The maximum absolute atomic E-state index is 12.5. The molecule has 0 spiro atoms. The maximum atomic E-state index is 12.5. The largest absolute Gasteiger partial charge is 0.494 e. The summed E-state index contributed by atoms with van der Waals surface area (Å²) in [7, 11) is 1.29. The highest BCUT2D eigenvalue weighted by atomic mass is 19.2. The van der Waals surface area contributed by atoms with Crippen molar-refractivity contribution in [3.8, 4) is 5.75 Å². The van der Waals surface area contributed by atoms with Crippen molar-refractivity contribution < 1.29 is 13.5 Å². The van der Waals surface area contributed by atoms with E-state index in [1.807, 2.05) is 13.8 Å². The Morgan fingerprint density at radius 1 is 1.17 bits per heavy atom. The molecular weight excluding hydrogens is 162 g/mol. The highest BCUT2D eigenvalue weighted by Gasteiger charge is 2.05. The molecule has 12 heavy (non-hydrogen) atoms. The van der Waals surface area contributed by atoms with Gasteiger partial charge in [-0.1, -0.05) is 19.9 Å². The van der Waals surface area contributed by atoms with Crippen molar-refractivity contribution in [1.29, 1.82) is 0 Å². The third kappa shape index (κ3) is 2.49. The summed E-state index contributed by atoms with van der Waals surface area (Å²) in [5.41, 5.74) is 0. The topological polar surface area (TPSA) is 9.23 Å². The van der Waals surface area contributed by atoms with Crippen LogP contribution in [-0.4, -0.2) is 7.11 Å². The Balaban J connectivity index is 0.000000561. The zero-order chi connectivity index (χ0) is 9.56. The molecule has 3 heteroatoms. The van der Waals surface area contributed by atoms with Gasteiger partial charge in [0.25, 0.3) is 0 Å². The maximum Gasteiger partial charge on any atom is 0.200 e. The third-order valence-corrected chi connectivity index (χ3v) is 1.14. The average Bonchev–Trinajstić information content (AvgIpc) is 2.13. The highest BCUT2D eigenvalue weighted by molar-refractivity contribution is 5.24. The minimum atomic E-state index is -0.940. The summed E-state index contributed by atoms with van der Waals surface area (Å²) in [6, 6.07) is 3.79. The molecule has 0 aliphatic carbocycles. The molecule has 0 atom stereocenters. The molecule has 0 radical (unpaired) electrons. The molecule has 0 unspecified atom stereocenters. The van der Waals surface area contributed by atoms with Gasteiger partial charge >= 0.3 is 0 Å². The summed E-state index contributed by atoms with van der Waals surface area (Å²) in [4.78, 5) is 0. The van der Waals surface area contributed by atoms with Crippen molar-refractivity contribution in [2.45, 2.75) is 13.8 Å². The number of halogens is 2. The van der Waals surface area contributed by atoms with Gasteiger partial charge in [-0.05, 0) is 12.1 Å². The van der Waals surface area contributed by atoms with E-state index in [-0.39, 0.29) is 5.75 Å². The summed E-state index contributed by atoms with van der Waals surface area (Å²) in [6.07, 6.45) is 0. The summed E-state index contributed by atoms with van der Waals surface area (Å²) in [5.74, 6) is -1.90. The molecule has 1 aromatic rings. The average molecular weight is 174 g/mol. The molecule has 1 rings (SSSR count). The molecule has 0 saturated carbocycles. The van der Waals surface area contributed by atoms with Gasteiger partial charge in [0.2, 0.25) is 5.82 Å². The molecule has 0 N–H and O–H groups in total. The number of methoxy groups -OCH3 is 1. The number of hydrogen-bond donors (Lipinski definition) is 0. The van der Waals surface area contributed by atoms with E-state index < -0.39 is 11.6 Å². The molecule has 0 heterocycles. The van der Waals surface area contributed by atoms with Gasteiger partial charge < -0.3 is 4.74 Å². The number of hydrogen-bond acceptors (Lipinski definition) is 1. The second kappa shape index (κ2) is 5.52. The molecule has 0 amide bonds. The van der Waals surface area contributed by atoms with Gasteiger partial charge in [-0.2, -0.15) is 4.39 Å². The minimum Gasteiger partial charge on any atom is -0.494 e. The first-order valence-electron chi connectivity index (χ1n) is 3.73. The Kier molecular flexibility index (Phi) is 5.00. The summed E-state index contributed by atoms with van der Waals surface area (Å²) >= 11 is 0. The van der Waals surface area contributed by atoms with Crippen LogP contribution in [0.1, 0.15) is 13.8 Å². The van der Waals surface area contributed by atoms with E-state index in [1.165, 1.54) is 19.2 Å². The van der Waals surface area contributed by atoms with Gasteiger partial charge in [0.1, 0.15) is 0 Å². The second-order valence-corrected chi connectivity index (χ2v) is 1.76. The third-order valence-electron chi connectivity index (χ3n) is 1.14. The van der Waals surface area contributed by atoms with Crippen LogP contribution in [0.4, 0.5) is 8.78 Å². The number of benzene rings is 1. The lowest BCUT2D eigenvalue weighted by Crippen LogP contribution is -1.90. The number of rotatable bonds is 1. The lowest BCUT2D eigenvalue weighted by atomic mass is 10.3. The lowest BCUT2D eigenvalue weighted by molar-refractivity contribution is 0.372. The van der Waals surface area contributed by atoms with Crippen LogP contribution in [0.25, 0.3) is 0 Å². The zero-order valence-electron chi connectivity index (χ0n) is 7.40. The molecular formula is C9H12F2O. The first-order chi connectivity index (χ1) is 5.75. The molecule has 0 aliphatic rings.